The van der Waals surface area contributed by atoms with Crippen molar-refractivity contribution in [3.05, 3.63) is 64.0 Å². The zero-order valence-corrected chi connectivity index (χ0v) is 16.4. The number of hydrogen-bond donors (Lipinski definition) is 0. The van der Waals surface area contributed by atoms with Crippen molar-refractivity contribution in [3.63, 3.8) is 0 Å². The molecule has 0 saturated carbocycles. The van der Waals surface area contributed by atoms with Gasteiger partial charge in [0.2, 0.25) is 0 Å². The lowest BCUT2D eigenvalue weighted by atomic mass is 10.2. The van der Waals surface area contributed by atoms with Crippen LogP contribution in [0.5, 0.6) is 5.75 Å². The number of carbonyl (C=O) groups is 2. The lowest BCUT2D eigenvalue weighted by Crippen LogP contribution is -2.21. The summed E-state index contributed by atoms with van der Waals surface area (Å²) in [6, 6.07) is 14.3. The minimum absolute atomic E-state index is 0.280. The fourth-order valence-electron chi connectivity index (χ4n) is 2.30. The summed E-state index contributed by atoms with van der Waals surface area (Å²) < 4.78 is 5.15. The summed E-state index contributed by atoms with van der Waals surface area (Å²) in [5.41, 5.74) is 1.72. The Morgan fingerprint density at radius 1 is 1.19 bits per heavy atom. The Bertz CT molecular complexity index is 921. The Balaban J connectivity index is 1.71. The Morgan fingerprint density at radius 3 is 2.48 bits per heavy atom. The first-order valence-electron chi connectivity index (χ1n) is 8.29. The van der Waals surface area contributed by atoms with Crippen molar-refractivity contribution in [3.8, 4) is 5.75 Å². The first-order chi connectivity index (χ1) is 13.0. The van der Waals surface area contributed by atoms with Crippen LogP contribution in [0.15, 0.2) is 58.4 Å². The average Bonchev–Trinajstić information content (AvgIpc) is 3.03. The molecule has 27 heavy (non-hydrogen) atoms. The van der Waals surface area contributed by atoms with Gasteiger partial charge in [-0.3, -0.25) is 9.59 Å². The minimum atomic E-state index is -0.286. The van der Waals surface area contributed by atoms with E-state index >= 15 is 0 Å². The maximum atomic E-state index is 12.2. The molecule has 138 valence electrons. The molecule has 0 atom stereocenters. The fourth-order valence-corrected chi connectivity index (χ4v) is 3.33. The summed E-state index contributed by atoms with van der Waals surface area (Å²) in [4.78, 5) is 30.1. The number of halogens is 1. The van der Waals surface area contributed by atoms with Crippen molar-refractivity contribution in [1.82, 2.24) is 0 Å². The molecule has 1 amide bonds. The molecular formula is C20H17ClN2O3S. The minimum Gasteiger partial charge on any atom is -0.427 e. The van der Waals surface area contributed by atoms with E-state index in [2.05, 4.69) is 4.99 Å². The van der Waals surface area contributed by atoms with Crippen LogP contribution in [0.4, 0.5) is 5.69 Å². The summed E-state index contributed by atoms with van der Waals surface area (Å²) in [5.74, 6) is -0.0861. The zero-order chi connectivity index (χ0) is 19.4. The molecule has 0 radical (unpaired) electrons. The lowest BCUT2D eigenvalue weighted by Gasteiger charge is -2.17. The number of amidine groups is 1. The van der Waals surface area contributed by atoms with Crippen LogP contribution in [-0.2, 0) is 9.59 Å². The molecule has 3 rings (SSSR count). The van der Waals surface area contributed by atoms with Gasteiger partial charge < -0.3 is 9.64 Å². The number of anilines is 1. The molecule has 0 bridgehead atoms. The Labute approximate surface area is 166 Å². The van der Waals surface area contributed by atoms with E-state index in [1.807, 2.05) is 24.1 Å². The second-order valence-corrected chi connectivity index (χ2v) is 7.19. The molecule has 0 fully saturated rings. The predicted octanol–water partition coefficient (Wildman–Crippen LogP) is 4.76. The molecule has 0 saturated heterocycles. The van der Waals surface area contributed by atoms with Gasteiger partial charge in [-0.25, -0.2) is 0 Å². The van der Waals surface area contributed by atoms with Crippen molar-refractivity contribution in [2.45, 2.75) is 13.3 Å². The third-order valence-electron chi connectivity index (χ3n) is 3.81. The van der Waals surface area contributed by atoms with Crippen molar-refractivity contribution >= 4 is 52.2 Å². The van der Waals surface area contributed by atoms with Crippen LogP contribution in [-0.4, -0.2) is 24.1 Å². The molecular weight excluding hydrogens is 384 g/mol. The number of hydrogen-bond acceptors (Lipinski definition) is 5. The molecule has 0 aliphatic carbocycles. The number of ether oxygens (including phenoxy) is 1. The van der Waals surface area contributed by atoms with Gasteiger partial charge in [0.15, 0.2) is 5.17 Å². The largest absolute Gasteiger partial charge is 0.427 e. The first-order valence-corrected chi connectivity index (χ1v) is 9.48. The van der Waals surface area contributed by atoms with E-state index in [1.54, 1.807) is 49.4 Å². The summed E-state index contributed by atoms with van der Waals surface area (Å²) in [5, 5.41) is 1.25. The summed E-state index contributed by atoms with van der Waals surface area (Å²) in [6.45, 7) is 1.74. The fraction of sp³-hybridized carbons (Fsp3) is 0.150. The molecule has 1 heterocycles. The third kappa shape index (κ3) is 4.78. The van der Waals surface area contributed by atoms with Crippen molar-refractivity contribution < 1.29 is 14.3 Å². The zero-order valence-electron chi connectivity index (χ0n) is 14.8. The maximum Gasteiger partial charge on any atom is 0.310 e. The number of nitrogens with zero attached hydrogens (tertiary/aromatic N) is 2. The van der Waals surface area contributed by atoms with Gasteiger partial charge in [-0.05, 0) is 59.8 Å². The molecule has 7 heteroatoms. The smallest absolute Gasteiger partial charge is 0.310 e. The second-order valence-electron chi connectivity index (χ2n) is 5.74. The Morgan fingerprint density at radius 2 is 1.85 bits per heavy atom. The van der Waals surface area contributed by atoms with Crippen LogP contribution in [0.3, 0.4) is 0 Å². The highest BCUT2D eigenvalue weighted by Crippen LogP contribution is 2.32. The molecule has 0 unspecified atom stereocenters. The number of thioether (sulfide) groups is 1. The van der Waals surface area contributed by atoms with E-state index in [0.29, 0.717) is 27.3 Å². The maximum absolute atomic E-state index is 12.2. The van der Waals surface area contributed by atoms with Crippen molar-refractivity contribution in [1.29, 1.82) is 0 Å². The number of aliphatic imine (C=N–C) groups is 1. The number of benzene rings is 2. The van der Waals surface area contributed by atoms with E-state index in [1.165, 1.54) is 11.8 Å². The molecule has 5 nitrogen and oxygen atoms in total. The molecule has 0 spiro atoms. The highest BCUT2D eigenvalue weighted by atomic mass is 35.5. The van der Waals surface area contributed by atoms with E-state index < -0.39 is 0 Å². The highest BCUT2D eigenvalue weighted by Gasteiger charge is 2.25. The predicted molar refractivity (Wildman–Crippen MR) is 110 cm³/mol. The highest BCUT2D eigenvalue weighted by molar-refractivity contribution is 8.18. The van der Waals surface area contributed by atoms with Gasteiger partial charge in [0.1, 0.15) is 5.75 Å². The first kappa shape index (κ1) is 19.2. The van der Waals surface area contributed by atoms with Crippen LogP contribution >= 0.6 is 23.4 Å². The number of rotatable bonds is 4. The molecule has 0 aromatic heterocycles. The Hall–Kier alpha value is -2.57. The van der Waals surface area contributed by atoms with Crippen molar-refractivity contribution in [2.24, 2.45) is 4.99 Å². The molecule has 2 aromatic rings. The molecule has 2 aromatic carbocycles. The summed E-state index contributed by atoms with van der Waals surface area (Å²) in [7, 11) is 1.85. The van der Waals surface area contributed by atoms with E-state index in [4.69, 9.17) is 16.3 Å². The number of esters is 1. The van der Waals surface area contributed by atoms with E-state index in [9.17, 15) is 9.59 Å². The third-order valence-corrected chi connectivity index (χ3v) is 5.12. The van der Waals surface area contributed by atoms with Gasteiger partial charge in [-0.2, -0.15) is 4.99 Å². The van der Waals surface area contributed by atoms with Crippen LogP contribution in [0.25, 0.3) is 6.08 Å². The monoisotopic (exact) mass is 400 g/mol. The molecule has 0 N–H and O–H groups in total. The summed E-state index contributed by atoms with van der Waals surface area (Å²) in [6.07, 6.45) is 2.09. The SMILES string of the molecule is CCC(=O)Oc1ccc(/C=C2\SC(N(C)c3ccc(Cl)cc3)=NC2=O)cc1. The quantitative estimate of drug-likeness (QED) is 0.420. The van der Waals surface area contributed by atoms with Gasteiger partial charge >= 0.3 is 5.97 Å². The standard InChI is InChI=1S/C20H17ClN2O3S/c1-3-18(24)26-16-10-4-13(5-11-16)12-17-19(25)22-20(27-17)23(2)15-8-6-14(21)7-9-15/h4-12H,3H2,1-2H3/b17-12-. The number of amides is 1. The van der Waals surface area contributed by atoms with Gasteiger partial charge in [0.25, 0.3) is 5.91 Å². The lowest BCUT2D eigenvalue weighted by molar-refractivity contribution is -0.134. The van der Waals surface area contributed by atoms with Crippen LogP contribution in [0.1, 0.15) is 18.9 Å². The van der Waals surface area contributed by atoms with Crippen LogP contribution in [0.2, 0.25) is 5.02 Å². The topological polar surface area (TPSA) is 59.0 Å². The van der Waals surface area contributed by atoms with Crippen LogP contribution in [0, 0.1) is 0 Å². The van der Waals surface area contributed by atoms with E-state index in [-0.39, 0.29) is 11.9 Å². The molecule has 1 aliphatic heterocycles. The van der Waals surface area contributed by atoms with E-state index in [0.717, 1.165) is 11.3 Å². The second kappa shape index (κ2) is 8.41. The average molecular weight is 401 g/mol. The normalized spacial score (nSPS) is 15.0. The number of carbonyl (C=O) groups excluding carboxylic acids is 2. The Kier molecular flexibility index (Phi) is 5.98. The summed E-state index contributed by atoms with van der Waals surface area (Å²) >= 11 is 7.22. The van der Waals surface area contributed by atoms with Crippen LogP contribution < -0.4 is 9.64 Å². The van der Waals surface area contributed by atoms with Gasteiger partial charge in [-0.15, -0.1) is 0 Å². The van der Waals surface area contributed by atoms with Crippen molar-refractivity contribution in [2.75, 3.05) is 11.9 Å². The van der Waals surface area contributed by atoms with Gasteiger partial charge in [0, 0.05) is 24.2 Å². The van der Waals surface area contributed by atoms with Gasteiger partial charge in [0.05, 0.1) is 4.91 Å². The molecule has 1 aliphatic rings. The van der Waals surface area contributed by atoms with Gasteiger partial charge in [-0.1, -0.05) is 30.7 Å².